The molecule has 1 N–H and O–H groups in total. The van der Waals surface area contributed by atoms with Crippen molar-refractivity contribution in [3.8, 4) is 0 Å². The van der Waals surface area contributed by atoms with Gasteiger partial charge in [-0.3, -0.25) is 4.79 Å². The summed E-state index contributed by atoms with van der Waals surface area (Å²) in [6.45, 7) is 25.1. The summed E-state index contributed by atoms with van der Waals surface area (Å²) < 4.78 is 20.2. The SMILES string of the molecule is C=C(C)C(=O)NC(O[Si](C)(C)CC)(O[Si](C)(C)CC)C(C[SiH3])O[Si](C)(C)CC. The van der Waals surface area contributed by atoms with Gasteiger partial charge in [-0.1, -0.05) is 27.4 Å². The van der Waals surface area contributed by atoms with Crippen molar-refractivity contribution in [2.75, 3.05) is 0 Å². The lowest BCUT2D eigenvalue weighted by Gasteiger charge is -2.49. The third-order valence-corrected chi connectivity index (χ3v) is 13.8. The molecule has 5 nitrogen and oxygen atoms in total. The van der Waals surface area contributed by atoms with Gasteiger partial charge in [0.2, 0.25) is 5.91 Å². The molecule has 9 heteroatoms. The van der Waals surface area contributed by atoms with E-state index in [1.165, 1.54) is 0 Å². The van der Waals surface area contributed by atoms with Gasteiger partial charge in [-0.2, -0.15) is 0 Å². The fourth-order valence-corrected chi connectivity index (χ4v) is 7.17. The Hall–Kier alpha value is -0.0425. The summed E-state index contributed by atoms with van der Waals surface area (Å²) in [5, 5.41) is 3.11. The second-order valence-corrected chi connectivity index (χ2v) is 23.6. The Morgan fingerprint density at radius 2 is 1.36 bits per heavy atom. The van der Waals surface area contributed by atoms with Gasteiger partial charge in [-0.05, 0) is 70.4 Å². The number of hydrogen-bond donors (Lipinski definition) is 1. The summed E-state index contributed by atoms with van der Waals surface area (Å²) in [7, 11) is -5.15. The molecule has 0 heterocycles. The predicted molar refractivity (Wildman–Crippen MR) is 131 cm³/mol. The molecular weight excluding hydrogens is 419 g/mol. The van der Waals surface area contributed by atoms with Crippen LogP contribution in [0.1, 0.15) is 27.7 Å². The standard InChI is InChI=1S/C19H45NO4Si4/c1-12-26(6,7)22-17(15-25)19(20-18(21)16(4)5,23-27(8,9)13-2)24-28(10,11)14-3/h17H,4,12-15H2,1-3,5-11,25H3,(H,20,21). The lowest BCUT2D eigenvalue weighted by molar-refractivity contribution is -0.208. The Bertz CT molecular complexity index is 520. The zero-order valence-electron chi connectivity index (χ0n) is 20.2. The van der Waals surface area contributed by atoms with E-state index in [-0.39, 0.29) is 12.0 Å². The molecule has 0 radical (unpaired) electrons. The van der Waals surface area contributed by atoms with Crippen LogP contribution >= 0.6 is 0 Å². The van der Waals surface area contributed by atoms with Gasteiger partial charge in [-0.15, -0.1) is 0 Å². The Balaban J connectivity index is 6.46. The molecule has 166 valence electrons. The molecule has 0 spiro atoms. The quantitative estimate of drug-likeness (QED) is 0.252. The van der Waals surface area contributed by atoms with Gasteiger partial charge >= 0.3 is 0 Å². The van der Waals surface area contributed by atoms with Gasteiger partial charge in [0.05, 0.1) is 0 Å². The first kappa shape index (κ1) is 28.0. The van der Waals surface area contributed by atoms with E-state index in [1.807, 2.05) is 0 Å². The van der Waals surface area contributed by atoms with E-state index in [4.69, 9.17) is 13.3 Å². The van der Waals surface area contributed by atoms with E-state index in [1.54, 1.807) is 6.92 Å². The summed E-state index contributed by atoms with van der Waals surface area (Å²) in [6, 6.07) is 3.68. The first-order chi connectivity index (χ1) is 12.6. The average Bonchev–Trinajstić information content (AvgIpc) is 2.58. The van der Waals surface area contributed by atoms with Crippen molar-refractivity contribution in [2.24, 2.45) is 0 Å². The first-order valence-electron chi connectivity index (χ1n) is 10.7. The van der Waals surface area contributed by atoms with Crippen LogP contribution in [0.25, 0.3) is 0 Å². The molecule has 1 amide bonds. The van der Waals surface area contributed by atoms with Crippen LogP contribution in [0.4, 0.5) is 0 Å². The Labute approximate surface area is 179 Å². The predicted octanol–water partition coefficient (Wildman–Crippen LogP) is 4.21. The summed E-state index contributed by atoms with van der Waals surface area (Å²) in [6.07, 6.45) is -0.305. The van der Waals surface area contributed by atoms with Crippen LogP contribution in [-0.4, -0.2) is 53.1 Å². The number of rotatable bonds is 13. The molecule has 0 bridgehead atoms. The molecule has 0 aromatic carbocycles. The van der Waals surface area contributed by atoms with Crippen LogP contribution in [0.5, 0.6) is 0 Å². The summed E-state index contributed by atoms with van der Waals surface area (Å²) in [5.74, 6) is -1.48. The molecule has 0 aliphatic rings. The van der Waals surface area contributed by atoms with Gasteiger partial charge in [0, 0.05) is 15.8 Å². The third-order valence-electron chi connectivity index (χ3n) is 5.34. The number of nitrogens with one attached hydrogen (secondary N) is 1. The Morgan fingerprint density at radius 1 is 0.964 bits per heavy atom. The van der Waals surface area contributed by atoms with Crippen LogP contribution in [-0.2, 0) is 18.1 Å². The van der Waals surface area contributed by atoms with Gasteiger partial charge in [0.15, 0.2) is 25.0 Å². The highest BCUT2D eigenvalue weighted by Crippen LogP contribution is 2.33. The van der Waals surface area contributed by atoms with Crippen molar-refractivity contribution in [3.63, 3.8) is 0 Å². The monoisotopic (exact) mass is 463 g/mol. The van der Waals surface area contributed by atoms with Crippen LogP contribution in [0.2, 0.25) is 63.5 Å². The van der Waals surface area contributed by atoms with Crippen molar-refractivity contribution in [1.82, 2.24) is 5.32 Å². The number of carbonyl (C=O) groups excluding carboxylic acids is 1. The number of hydrogen-bond acceptors (Lipinski definition) is 4. The maximum absolute atomic E-state index is 12.8. The minimum atomic E-state index is -2.09. The molecule has 0 aliphatic carbocycles. The normalized spacial score (nSPS) is 14.8. The van der Waals surface area contributed by atoms with Crippen LogP contribution in [0.15, 0.2) is 12.2 Å². The molecule has 28 heavy (non-hydrogen) atoms. The molecule has 0 rings (SSSR count). The number of carbonyl (C=O) groups is 1. The van der Waals surface area contributed by atoms with Gasteiger partial charge < -0.3 is 18.6 Å². The van der Waals surface area contributed by atoms with E-state index >= 15 is 0 Å². The molecule has 0 fully saturated rings. The van der Waals surface area contributed by atoms with Crippen molar-refractivity contribution in [1.29, 1.82) is 0 Å². The van der Waals surface area contributed by atoms with Crippen LogP contribution in [0.3, 0.4) is 0 Å². The van der Waals surface area contributed by atoms with E-state index in [2.05, 4.69) is 71.9 Å². The molecule has 0 saturated carbocycles. The minimum Gasteiger partial charge on any atom is -0.407 e. The molecule has 1 atom stereocenters. The fourth-order valence-electron chi connectivity index (χ4n) is 2.41. The van der Waals surface area contributed by atoms with Gasteiger partial charge in [0.25, 0.3) is 5.91 Å². The molecule has 0 saturated heterocycles. The Morgan fingerprint density at radius 3 is 1.64 bits per heavy atom. The van der Waals surface area contributed by atoms with Crippen molar-refractivity contribution >= 4 is 41.1 Å². The zero-order chi connectivity index (χ0) is 22.4. The Kier molecular flexibility index (Phi) is 10.8. The summed E-state index contributed by atoms with van der Waals surface area (Å²) in [5.41, 5.74) is 0.447. The third kappa shape index (κ3) is 8.76. The summed E-state index contributed by atoms with van der Waals surface area (Å²) in [4.78, 5) is 12.8. The van der Waals surface area contributed by atoms with Gasteiger partial charge in [-0.25, -0.2) is 0 Å². The molecule has 1 unspecified atom stereocenters. The van der Waals surface area contributed by atoms with Crippen molar-refractivity contribution in [2.45, 2.75) is 103 Å². The van der Waals surface area contributed by atoms with E-state index in [0.29, 0.717) is 5.57 Å². The second kappa shape index (κ2) is 10.8. The van der Waals surface area contributed by atoms with Gasteiger partial charge in [0.1, 0.15) is 6.10 Å². The van der Waals surface area contributed by atoms with Crippen LogP contribution < -0.4 is 5.32 Å². The van der Waals surface area contributed by atoms with E-state index in [9.17, 15) is 4.79 Å². The fraction of sp³-hybridized carbons (Fsp3) is 0.842. The highest BCUT2D eigenvalue weighted by molar-refractivity contribution is 6.72. The smallest absolute Gasteiger partial charge is 0.259 e. The first-order valence-corrected chi connectivity index (χ1v) is 21.4. The second-order valence-electron chi connectivity index (χ2n) is 9.46. The highest BCUT2D eigenvalue weighted by Gasteiger charge is 2.51. The lowest BCUT2D eigenvalue weighted by Crippen LogP contribution is -2.68. The molecular formula is C19H45NO4Si4. The van der Waals surface area contributed by atoms with Crippen molar-refractivity contribution in [3.05, 3.63) is 12.2 Å². The number of amides is 1. The topological polar surface area (TPSA) is 56.8 Å². The summed E-state index contributed by atoms with van der Waals surface area (Å²) >= 11 is 0. The zero-order valence-corrected chi connectivity index (χ0v) is 25.2. The molecule has 0 aromatic rings. The highest BCUT2D eigenvalue weighted by atomic mass is 28.4. The van der Waals surface area contributed by atoms with E-state index < -0.39 is 30.9 Å². The molecule has 0 aliphatic heterocycles. The van der Waals surface area contributed by atoms with E-state index in [0.717, 1.165) is 34.4 Å². The molecule has 0 aromatic heterocycles. The van der Waals surface area contributed by atoms with Crippen LogP contribution in [0, 0.1) is 0 Å². The maximum Gasteiger partial charge on any atom is 0.259 e. The minimum absolute atomic E-state index is 0.235. The largest absolute Gasteiger partial charge is 0.407 e. The van der Waals surface area contributed by atoms with Crippen molar-refractivity contribution < 1.29 is 18.1 Å². The average molecular weight is 464 g/mol. The lowest BCUT2D eigenvalue weighted by atomic mass is 10.2. The maximum atomic E-state index is 12.8.